The van der Waals surface area contributed by atoms with Crippen LogP contribution in [0.5, 0.6) is 0 Å². The molecule has 0 N–H and O–H groups in total. The van der Waals surface area contributed by atoms with Gasteiger partial charge in [0.1, 0.15) is 6.42 Å². The van der Waals surface area contributed by atoms with Gasteiger partial charge in [0.15, 0.2) is 5.78 Å². The number of hydrogen-bond acceptors (Lipinski definition) is 4. The van der Waals surface area contributed by atoms with Crippen molar-refractivity contribution in [1.82, 2.24) is 0 Å². The molecule has 0 radical (unpaired) electrons. The summed E-state index contributed by atoms with van der Waals surface area (Å²) in [5, 5.41) is 1.01. The predicted molar refractivity (Wildman–Crippen MR) is 75.1 cm³/mol. The van der Waals surface area contributed by atoms with Crippen LogP contribution in [0.1, 0.15) is 23.0 Å². The maximum Gasteiger partial charge on any atom is 0.313 e. The van der Waals surface area contributed by atoms with Crippen molar-refractivity contribution in [2.45, 2.75) is 13.3 Å². The number of halogens is 1. The van der Waals surface area contributed by atoms with E-state index in [1.54, 1.807) is 6.92 Å². The minimum Gasteiger partial charge on any atom is -0.466 e. The van der Waals surface area contributed by atoms with Gasteiger partial charge >= 0.3 is 5.97 Å². The van der Waals surface area contributed by atoms with Crippen molar-refractivity contribution >= 4 is 49.1 Å². The van der Waals surface area contributed by atoms with Gasteiger partial charge in [0.25, 0.3) is 0 Å². The number of benzene rings is 1. The summed E-state index contributed by atoms with van der Waals surface area (Å²) in [5.74, 6) is -0.660. The lowest BCUT2D eigenvalue weighted by atomic mass is 10.2. The fourth-order valence-corrected chi connectivity index (χ4v) is 3.12. The van der Waals surface area contributed by atoms with E-state index in [1.165, 1.54) is 11.3 Å². The maximum absolute atomic E-state index is 11.9. The quantitative estimate of drug-likeness (QED) is 0.487. The summed E-state index contributed by atoms with van der Waals surface area (Å²) < 4.78 is 6.76. The Morgan fingerprint density at radius 3 is 2.83 bits per heavy atom. The Hall–Kier alpha value is -1.20. The molecule has 94 valence electrons. The van der Waals surface area contributed by atoms with E-state index in [0.29, 0.717) is 11.5 Å². The highest BCUT2D eigenvalue weighted by Gasteiger charge is 2.15. The lowest BCUT2D eigenvalue weighted by Gasteiger charge is -1.98. The first-order valence-electron chi connectivity index (χ1n) is 5.48. The Morgan fingerprint density at radius 1 is 1.33 bits per heavy atom. The van der Waals surface area contributed by atoms with E-state index in [1.807, 2.05) is 24.3 Å². The molecule has 0 aliphatic rings. The molecule has 2 aromatic rings. The number of carbonyl (C=O) groups is 2. The molecule has 0 aliphatic carbocycles. The van der Waals surface area contributed by atoms with Crippen LogP contribution in [-0.4, -0.2) is 18.4 Å². The number of Topliss-reactive ketones (excluding diaryl/α,β-unsaturated/α-hetero) is 1. The largest absolute Gasteiger partial charge is 0.466 e. The van der Waals surface area contributed by atoms with Crippen LogP contribution in [0.25, 0.3) is 10.1 Å². The molecule has 0 saturated carbocycles. The maximum atomic E-state index is 11.9. The fraction of sp³-hybridized carbons (Fsp3) is 0.231. The van der Waals surface area contributed by atoms with Crippen molar-refractivity contribution in [3.8, 4) is 0 Å². The van der Waals surface area contributed by atoms with Crippen LogP contribution >= 0.6 is 27.3 Å². The van der Waals surface area contributed by atoms with Gasteiger partial charge in [-0.05, 0) is 30.5 Å². The topological polar surface area (TPSA) is 43.4 Å². The summed E-state index contributed by atoms with van der Waals surface area (Å²) in [7, 11) is 0. The van der Waals surface area contributed by atoms with Gasteiger partial charge < -0.3 is 4.74 Å². The smallest absolute Gasteiger partial charge is 0.313 e. The van der Waals surface area contributed by atoms with Crippen LogP contribution in [0.3, 0.4) is 0 Å². The number of thiophene rings is 1. The number of carbonyl (C=O) groups excluding carboxylic acids is 2. The van der Waals surface area contributed by atoms with Crippen LogP contribution in [0.15, 0.2) is 28.7 Å². The molecular formula is C13H11BrO3S. The monoisotopic (exact) mass is 326 g/mol. The number of ketones is 1. The number of esters is 1. The summed E-state index contributed by atoms with van der Waals surface area (Å²) >= 11 is 4.78. The molecule has 0 aliphatic heterocycles. The third-order valence-electron chi connectivity index (χ3n) is 2.37. The molecule has 0 atom stereocenters. The third-order valence-corrected chi connectivity index (χ3v) is 4.00. The van der Waals surface area contributed by atoms with Crippen LogP contribution in [0.2, 0.25) is 0 Å². The van der Waals surface area contributed by atoms with Crippen molar-refractivity contribution in [3.63, 3.8) is 0 Å². The zero-order valence-electron chi connectivity index (χ0n) is 9.73. The van der Waals surface area contributed by atoms with Gasteiger partial charge in [-0.25, -0.2) is 0 Å². The first-order valence-corrected chi connectivity index (χ1v) is 7.09. The second-order valence-electron chi connectivity index (χ2n) is 3.70. The van der Waals surface area contributed by atoms with E-state index in [-0.39, 0.29) is 12.2 Å². The molecular weight excluding hydrogens is 316 g/mol. The van der Waals surface area contributed by atoms with Gasteiger partial charge in [0.2, 0.25) is 0 Å². The van der Waals surface area contributed by atoms with Gasteiger partial charge in [-0.15, -0.1) is 11.3 Å². The molecule has 18 heavy (non-hydrogen) atoms. The molecule has 0 fully saturated rings. The molecule has 0 spiro atoms. The summed E-state index contributed by atoms with van der Waals surface area (Å²) in [6, 6.07) is 7.64. The molecule has 3 nitrogen and oxygen atoms in total. The van der Waals surface area contributed by atoms with Gasteiger partial charge in [-0.1, -0.05) is 22.0 Å². The number of rotatable bonds is 4. The third kappa shape index (κ3) is 2.97. The van der Waals surface area contributed by atoms with E-state index >= 15 is 0 Å². The summed E-state index contributed by atoms with van der Waals surface area (Å²) in [4.78, 5) is 23.7. The molecule has 0 unspecified atom stereocenters. The number of fused-ring (bicyclic) bond motifs is 1. The molecule has 1 aromatic heterocycles. The van der Waals surface area contributed by atoms with Gasteiger partial charge in [-0.2, -0.15) is 0 Å². The first kappa shape index (κ1) is 13.2. The Bertz CT molecular complexity index is 603. The molecule has 0 saturated heterocycles. The first-order chi connectivity index (χ1) is 8.60. The highest BCUT2D eigenvalue weighted by atomic mass is 79.9. The molecule has 0 amide bonds. The SMILES string of the molecule is CCOC(=O)CC(=O)c1cc2ccc(Br)cc2s1. The van der Waals surface area contributed by atoms with Crippen LogP contribution in [-0.2, 0) is 9.53 Å². The summed E-state index contributed by atoms with van der Waals surface area (Å²) in [6.07, 6.45) is -0.193. The lowest BCUT2D eigenvalue weighted by Crippen LogP contribution is -2.10. The van der Waals surface area contributed by atoms with E-state index in [4.69, 9.17) is 4.74 Å². The van der Waals surface area contributed by atoms with Crippen LogP contribution in [0.4, 0.5) is 0 Å². The van der Waals surface area contributed by atoms with Crippen molar-refractivity contribution in [2.75, 3.05) is 6.61 Å². The average Bonchev–Trinajstić information content (AvgIpc) is 2.72. The van der Waals surface area contributed by atoms with Crippen LogP contribution < -0.4 is 0 Å². The number of hydrogen-bond donors (Lipinski definition) is 0. The summed E-state index contributed by atoms with van der Waals surface area (Å²) in [5.41, 5.74) is 0. The Balaban J connectivity index is 2.20. The van der Waals surface area contributed by atoms with E-state index in [2.05, 4.69) is 15.9 Å². The molecule has 2 rings (SSSR count). The Kier molecular flexibility index (Phi) is 4.14. The minimum absolute atomic E-state index is 0.189. The fourth-order valence-electron chi connectivity index (χ4n) is 1.57. The molecule has 5 heteroatoms. The van der Waals surface area contributed by atoms with Crippen molar-refractivity contribution in [3.05, 3.63) is 33.6 Å². The van der Waals surface area contributed by atoms with E-state index in [0.717, 1.165) is 14.6 Å². The van der Waals surface area contributed by atoms with Crippen LogP contribution in [0, 0.1) is 0 Å². The van der Waals surface area contributed by atoms with Crippen molar-refractivity contribution in [2.24, 2.45) is 0 Å². The van der Waals surface area contributed by atoms with E-state index < -0.39 is 5.97 Å². The second-order valence-corrected chi connectivity index (χ2v) is 5.70. The minimum atomic E-state index is -0.471. The van der Waals surface area contributed by atoms with E-state index in [9.17, 15) is 9.59 Å². The second kappa shape index (κ2) is 5.63. The standard InChI is InChI=1S/C13H11BrO3S/c1-2-17-13(16)7-10(15)12-5-8-3-4-9(14)6-11(8)18-12/h3-6H,2,7H2,1H3. The number of ether oxygens (including phenoxy) is 1. The predicted octanol–water partition coefficient (Wildman–Crippen LogP) is 3.80. The highest BCUT2D eigenvalue weighted by molar-refractivity contribution is 9.10. The molecule has 1 heterocycles. The van der Waals surface area contributed by atoms with Gasteiger partial charge in [-0.3, -0.25) is 9.59 Å². The molecule has 1 aromatic carbocycles. The average molecular weight is 327 g/mol. The zero-order valence-corrected chi connectivity index (χ0v) is 12.1. The zero-order chi connectivity index (χ0) is 13.1. The van der Waals surface area contributed by atoms with Crippen molar-refractivity contribution in [1.29, 1.82) is 0 Å². The lowest BCUT2D eigenvalue weighted by molar-refractivity contribution is -0.141. The normalized spacial score (nSPS) is 10.6. The van der Waals surface area contributed by atoms with Gasteiger partial charge in [0.05, 0.1) is 11.5 Å². The van der Waals surface area contributed by atoms with Crippen molar-refractivity contribution < 1.29 is 14.3 Å². The van der Waals surface area contributed by atoms with Gasteiger partial charge in [0, 0.05) is 9.17 Å². The molecule has 0 bridgehead atoms. The highest BCUT2D eigenvalue weighted by Crippen LogP contribution is 2.29. The summed E-state index contributed by atoms with van der Waals surface area (Å²) in [6.45, 7) is 2.02. The Labute approximate surface area is 117 Å². The Morgan fingerprint density at radius 2 is 2.11 bits per heavy atom.